The Morgan fingerprint density at radius 1 is 0.692 bits per heavy atom. The molecule has 0 aromatic rings. The molecule has 0 aliphatic rings. The first kappa shape index (κ1) is 25.8. The Hall–Kier alpha value is -0.160. The second-order valence-electron chi connectivity index (χ2n) is 7.46. The standard InChI is InChI=1S/C22H48N2O2/c1-3-4-5-6-7-8-9-10-11-12-13-16-19-25-20-21-26-22(2)24-18-15-14-17-23/h22,24H,3-21,23H2,1-2H3. The van der Waals surface area contributed by atoms with Crippen molar-refractivity contribution in [3.8, 4) is 0 Å². The Kier molecular flexibility index (Phi) is 22.7. The number of hydrogen-bond donors (Lipinski definition) is 2. The lowest BCUT2D eigenvalue weighted by Gasteiger charge is -2.14. The number of unbranched alkanes of at least 4 members (excludes halogenated alkanes) is 12. The molecule has 4 nitrogen and oxygen atoms in total. The zero-order valence-corrected chi connectivity index (χ0v) is 17.9. The molecule has 0 aromatic carbocycles. The van der Waals surface area contributed by atoms with Crippen molar-refractivity contribution in [2.75, 3.05) is 32.9 Å². The van der Waals surface area contributed by atoms with Gasteiger partial charge in [-0.15, -0.1) is 0 Å². The van der Waals surface area contributed by atoms with E-state index < -0.39 is 0 Å². The lowest BCUT2D eigenvalue weighted by molar-refractivity contribution is -0.00210. The van der Waals surface area contributed by atoms with Crippen LogP contribution < -0.4 is 11.1 Å². The summed E-state index contributed by atoms with van der Waals surface area (Å²) >= 11 is 0. The van der Waals surface area contributed by atoms with Gasteiger partial charge in [0.05, 0.1) is 13.2 Å². The highest BCUT2D eigenvalue weighted by molar-refractivity contribution is 4.51. The minimum absolute atomic E-state index is 0.100. The van der Waals surface area contributed by atoms with Gasteiger partial charge in [-0.2, -0.15) is 0 Å². The summed E-state index contributed by atoms with van der Waals surface area (Å²) < 4.78 is 11.3. The largest absolute Gasteiger partial charge is 0.379 e. The van der Waals surface area contributed by atoms with Crippen LogP contribution in [0.3, 0.4) is 0 Å². The predicted octanol–water partition coefficient (Wildman–Crippen LogP) is 5.40. The highest BCUT2D eigenvalue weighted by Crippen LogP contribution is 2.11. The van der Waals surface area contributed by atoms with Crippen molar-refractivity contribution in [2.45, 2.75) is 110 Å². The molecule has 0 radical (unpaired) electrons. The van der Waals surface area contributed by atoms with Crippen molar-refractivity contribution >= 4 is 0 Å². The van der Waals surface area contributed by atoms with Crippen LogP contribution >= 0.6 is 0 Å². The molecule has 0 fully saturated rings. The van der Waals surface area contributed by atoms with Crippen molar-refractivity contribution in [3.05, 3.63) is 0 Å². The lowest BCUT2D eigenvalue weighted by Crippen LogP contribution is -2.31. The molecule has 4 heteroatoms. The van der Waals surface area contributed by atoms with Crippen LogP contribution in [0, 0.1) is 0 Å². The van der Waals surface area contributed by atoms with Gasteiger partial charge in [-0.1, -0.05) is 77.6 Å². The summed E-state index contributed by atoms with van der Waals surface area (Å²) in [6.45, 7) is 8.31. The second-order valence-corrected chi connectivity index (χ2v) is 7.46. The minimum Gasteiger partial charge on any atom is -0.379 e. The Morgan fingerprint density at radius 3 is 1.85 bits per heavy atom. The van der Waals surface area contributed by atoms with Gasteiger partial charge in [0.2, 0.25) is 0 Å². The zero-order chi connectivity index (χ0) is 19.1. The van der Waals surface area contributed by atoms with E-state index in [1.165, 1.54) is 77.0 Å². The summed E-state index contributed by atoms with van der Waals surface area (Å²) in [7, 11) is 0. The van der Waals surface area contributed by atoms with Gasteiger partial charge < -0.3 is 15.2 Å². The molecule has 1 atom stereocenters. The number of nitrogens with one attached hydrogen (secondary N) is 1. The maximum Gasteiger partial charge on any atom is 0.105 e. The Morgan fingerprint density at radius 2 is 1.27 bits per heavy atom. The van der Waals surface area contributed by atoms with E-state index in [1.807, 2.05) is 6.92 Å². The highest BCUT2D eigenvalue weighted by atomic mass is 16.5. The van der Waals surface area contributed by atoms with Crippen LogP contribution in [-0.4, -0.2) is 39.1 Å². The molecule has 0 aromatic heterocycles. The van der Waals surface area contributed by atoms with E-state index in [2.05, 4.69) is 12.2 Å². The molecule has 0 heterocycles. The van der Waals surface area contributed by atoms with E-state index in [4.69, 9.17) is 15.2 Å². The van der Waals surface area contributed by atoms with Gasteiger partial charge in [0.1, 0.15) is 6.23 Å². The zero-order valence-electron chi connectivity index (χ0n) is 17.9. The molecule has 0 bridgehead atoms. The first-order valence-corrected chi connectivity index (χ1v) is 11.4. The van der Waals surface area contributed by atoms with E-state index in [0.29, 0.717) is 13.2 Å². The monoisotopic (exact) mass is 372 g/mol. The Balaban J connectivity index is 3.06. The third kappa shape index (κ3) is 21.9. The maximum atomic E-state index is 5.67. The Bertz CT molecular complexity index is 252. The van der Waals surface area contributed by atoms with Crippen LogP contribution in [0.4, 0.5) is 0 Å². The van der Waals surface area contributed by atoms with Crippen molar-refractivity contribution in [2.24, 2.45) is 5.73 Å². The molecule has 0 rings (SSSR count). The fourth-order valence-corrected chi connectivity index (χ4v) is 3.06. The van der Waals surface area contributed by atoms with Crippen LogP contribution in [0.25, 0.3) is 0 Å². The summed E-state index contributed by atoms with van der Waals surface area (Å²) in [6.07, 6.45) is 18.9. The molecule has 158 valence electrons. The number of nitrogens with two attached hydrogens (primary N) is 1. The van der Waals surface area contributed by atoms with Gasteiger partial charge in [0.25, 0.3) is 0 Å². The molecule has 0 aliphatic heterocycles. The summed E-state index contributed by atoms with van der Waals surface area (Å²) in [5, 5.41) is 3.34. The molecule has 3 N–H and O–H groups in total. The van der Waals surface area contributed by atoms with Crippen LogP contribution in [0.5, 0.6) is 0 Å². The van der Waals surface area contributed by atoms with Gasteiger partial charge in [0, 0.05) is 6.61 Å². The van der Waals surface area contributed by atoms with Crippen LogP contribution in [0.1, 0.15) is 104 Å². The third-order valence-corrected chi connectivity index (χ3v) is 4.80. The van der Waals surface area contributed by atoms with Gasteiger partial charge in [-0.25, -0.2) is 0 Å². The van der Waals surface area contributed by atoms with Gasteiger partial charge in [-0.3, -0.25) is 5.32 Å². The topological polar surface area (TPSA) is 56.5 Å². The predicted molar refractivity (Wildman–Crippen MR) is 114 cm³/mol. The number of rotatable bonds is 22. The van der Waals surface area contributed by atoms with Crippen molar-refractivity contribution in [1.29, 1.82) is 0 Å². The van der Waals surface area contributed by atoms with E-state index in [9.17, 15) is 0 Å². The second kappa shape index (κ2) is 22.9. The molecular formula is C22H48N2O2. The summed E-state index contributed by atoms with van der Waals surface area (Å²) in [4.78, 5) is 0. The molecule has 0 amide bonds. The van der Waals surface area contributed by atoms with Crippen LogP contribution in [-0.2, 0) is 9.47 Å². The lowest BCUT2D eigenvalue weighted by atomic mass is 10.1. The molecule has 0 saturated heterocycles. The molecule has 0 aliphatic carbocycles. The molecule has 1 unspecified atom stereocenters. The van der Waals surface area contributed by atoms with E-state index >= 15 is 0 Å². The fraction of sp³-hybridized carbons (Fsp3) is 1.00. The van der Waals surface area contributed by atoms with Gasteiger partial charge in [0.15, 0.2) is 0 Å². The molecule has 0 spiro atoms. The van der Waals surface area contributed by atoms with E-state index in [0.717, 1.165) is 32.5 Å². The average molecular weight is 373 g/mol. The summed E-state index contributed by atoms with van der Waals surface area (Å²) in [5.74, 6) is 0. The highest BCUT2D eigenvalue weighted by Gasteiger charge is 2.00. The maximum absolute atomic E-state index is 5.67. The first-order chi connectivity index (χ1) is 12.8. The first-order valence-electron chi connectivity index (χ1n) is 11.4. The number of hydrogen-bond acceptors (Lipinski definition) is 4. The van der Waals surface area contributed by atoms with Crippen LogP contribution in [0.15, 0.2) is 0 Å². The van der Waals surface area contributed by atoms with Crippen LogP contribution in [0.2, 0.25) is 0 Å². The summed E-state index contributed by atoms with van der Waals surface area (Å²) in [6, 6.07) is 0. The minimum atomic E-state index is 0.100. The van der Waals surface area contributed by atoms with Gasteiger partial charge >= 0.3 is 0 Å². The van der Waals surface area contributed by atoms with Gasteiger partial charge in [-0.05, 0) is 39.3 Å². The van der Waals surface area contributed by atoms with Crippen molar-refractivity contribution in [3.63, 3.8) is 0 Å². The average Bonchev–Trinajstić information content (AvgIpc) is 2.65. The van der Waals surface area contributed by atoms with E-state index in [1.54, 1.807) is 0 Å². The molecular weight excluding hydrogens is 324 g/mol. The van der Waals surface area contributed by atoms with Crippen molar-refractivity contribution in [1.82, 2.24) is 5.32 Å². The SMILES string of the molecule is CCCCCCCCCCCCCCOCCOC(C)NCCCCN. The normalized spacial score (nSPS) is 12.6. The molecule has 26 heavy (non-hydrogen) atoms. The van der Waals surface area contributed by atoms with E-state index in [-0.39, 0.29) is 6.23 Å². The number of ether oxygens (including phenoxy) is 2. The van der Waals surface area contributed by atoms with Crippen molar-refractivity contribution < 1.29 is 9.47 Å². The third-order valence-electron chi connectivity index (χ3n) is 4.80. The smallest absolute Gasteiger partial charge is 0.105 e. The quantitative estimate of drug-likeness (QED) is 0.197. The Labute approximate surface area is 164 Å². The fourth-order valence-electron chi connectivity index (χ4n) is 3.06. The summed E-state index contributed by atoms with van der Waals surface area (Å²) in [5.41, 5.74) is 5.47. The molecule has 0 saturated carbocycles.